The van der Waals surface area contributed by atoms with E-state index in [1.807, 2.05) is 12.4 Å². The minimum absolute atomic E-state index is 0.328. The molecule has 0 radical (unpaired) electrons. The summed E-state index contributed by atoms with van der Waals surface area (Å²) in [6.45, 7) is 3.80. The van der Waals surface area contributed by atoms with Crippen LogP contribution in [0, 0.1) is 0 Å². The lowest BCUT2D eigenvalue weighted by Gasteiger charge is -2.39. The molecule has 6 nitrogen and oxygen atoms in total. The molecule has 2 saturated heterocycles. The average molecular weight is 359 g/mol. The zero-order valence-corrected chi connectivity index (χ0v) is 15.0. The Morgan fingerprint density at radius 3 is 2.78 bits per heavy atom. The standard InChI is InChI=1S/C21H21N5O/c1-2-17-15(9-14(1)16-10-23-24-11-16)12-27-20-18(17)3-4-19(25-20)26-8-6-21(13-26)5-7-22-21/h1-4,9-11,22H,5-8,12-13H2,(H,23,24). The first-order valence-corrected chi connectivity index (χ1v) is 9.56. The van der Waals surface area contributed by atoms with Gasteiger partial charge in [0.15, 0.2) is 0 Å². The van der Waals surface area contributed by atoms with Crippen LogP contribution in [-0.4, -0.2) is 40.4 Å². The predicted octanol–water partition coefficient (Wildman–Crippen LogP) is 2.97. The van der Waals surface area contributed by atoms with Crippen LogP contribution in [0.4, 0.5) is 5.82 Å². The van der Waals surface area contributed by atoms with E-state index in [1.165, 1.54) is 24.0 Å². The van der Waals surface area contributed by atoms with Gasteiger partial charge in [-0.1, -0.05) is 12.1 Å². The van der Waals surface area contributed by atoms with Crippen molar-refractivity contribution in [1.29, 1.82) is 0 Å². The fourth-order valence-corrected chi connectivity index (χ4v) is 4.53. The molecule has 6 heteroatoms. The van der Waals surface area contributed by atoms with Crippen molar-refractivity contribution in [3.05, 3.63) is 48.3 Å². The van der Waals surface area contributed by atoms with Crippen molar-refractivity contribution in [3.63, 3.8) is 0 Å². The minimum Gasteiger partial charge on any atom is -0.472 e. The molecular formula is C21H21N5O. The Balaban J connectivity index is 1.32. The summed E-state index contributed by atoms with van der Waals surface area (Å²) in [6, 6.07) is 10.8. The van der Waals surface area contributed by atoms with Gasteiger partial charge in [0.05, 0.1) is 6.20 Å². The number of anilines is 1. The minimum atomic E-state index is 0.328. The number of benzene rings is 1. The summed E-state index contributed by atoms with van der Waals surface area (Å²) in [7, 11) is 0. The average Bonchev–Trinajstić information content (AvgIpc) is 3.37. The summed E-state index contributed by atoms with van der Waals surface area (Å²) >= 11 is 0. The lowest BCUT2D eigenvalue weighted by Crippen LogP contribution is -2.58. The maximum Gasteiger partial charge on any atom is 0.223 e. The van der Waals surface area contributed by atoms with E-state index in [-0.39, 0.29) is 0 Å². The van der Waals surface area contributed by atoms with Gasteiger partial charge in [-0.15, -0.1) is 0 Å². The van der Waals surface area contributed by atoms with Gasteiger partial charge in [-0.05, 0) is 54.3 Å². The van der Waals surface area contributed by atoms with E-state index in [0.717, 1.165) is 48.0 Å². The number of aromatic amines is 1. The van der Waals surface area contributed by atoms with E-state index in [0.29, 0.717) is 12.1 Å². The number of aromatic nitrogens is 3. The fourth-order valence-electron chi connectivity index (χ4n) is 4.53. The van der Waals surface area contributed by atoms with Crippen molar-refractivity contribution < 1.29 is 4.74 Å². The molecule has 136 valence electrons. The summed E-state index contributed by atoms with van der Waals surface area (Å²) in [6.07, 6.45) is 6.23. The third-order valence-electron chi connectivity index (χ3n) is 6.22. The molecular weight excluding hydrogens is 338 g/mol. The summed E-state index contributed by atoms with van der Waals surface area (Å²) in [4.78, 5) is 7.23. The van der Waals surface area contributed by atoms with Crippen molar-refractivity contribution in [2.75, 3.05) is 24.5 Å². The van der Waals surface area contributed by atoms with E-state index in [4.69, 9.17) is 9.72 Å². The summed E-state index contributed by atoms with van der Waals surface area (Å²) in [5.74, 6) is 1.77. The SMILES string of the molecule is c1cc2c(cc1-c1cn[nH]c1)COc1nc(N3CCC4(CCN4)C3)ccc1-2. The monoisotopic (exact) mass is 359 g/mol. The van der Waals surface area contributed by atoms with Crippen LogP contribution < -0.4 is 15.0 Å². The first-order chi connectivity index (χ1) is 13.3. The number of ether oxygens (including phenoxy) is 1. The molecule has 5 heterocycles. The Labute approximate surface area is 157 Å². The molecule has 6 rings (SSSR count). The van der Waals surface area contributed by atoms with Gasteiger partial charge < -0.3 is 15.0 Å². The summed E-state index contributed by atoms with van der Waals surface area (Å²) in [5.41, 5.74) is 6.04. The molecule has 1 atom stereocenters. The predicted molar refractivity (Wildman–Crippen MR) is 104 cm³/mol. The van der Waals surface area contributed by atoms with Gasteiger partial charge >= 0.3 is 0 Å². The van der Waals surface area contributed by atoms with Gasteiger partial charge in [-0.3, -0.25) is 5.10 Å². The van der Waals surface area contributed by atoms with Crippen LogP contribution in [0.25, 0.3) is 22.3 Å². The highest BCUT2D eigenvalue weighted by Crippen LogP contribution is 2.40. The van der Waals surface area contributed by atoms with Crippen molar-refractivity contribution >= 4 is 5.82 Å². The van der Waals surface area contributed by atoms with Crippen LogP contribution in [-0.2, 0) is 6.61 Å². The van der Waals surface area contributed by atoms with Crippen LogP contribution in [0.2, 0.25) is 0 Å². The van der Waals surface area contributed by atoms with Gasteiger partial charge in [-0.2, -0.15) is 10.1 Å². The second-order valence-electron chi connectivity index (χ2n) is 7.80. The fraction of sp³-hybridized carbons (Fsp3) is 0.333. The Morgan fingerprint density at radius 2 is 2.00 bits per heavy atom. The van der Waals surface area contributed by atoms with E-state index in [2.05, 4.69) is 50.7 Å². The number of hydrogen-bond acceptors (Lipinski definition) is 5. The van der Waals surface area contributed by atoms with Gasteiger partial charge in [0, 0.05) is 36.0 Å². The topological polar surface area (TPSA) is 66.1 Å². The Morgan fingerprint density at radius 1 is 1.07 bits per heavy atom. The second kappa shape index (κ2) is 5.57. The van der Waals surface area contributed by atoms with Crippen molar-refractivity contribution in [3.8, 4) is 28.1 Å². The van der Waals surface area contributed by atoms with Crippen LogP contribution in [0.5, 0.6) is 5.88 Å². The van der Waals surface area contributed by atoms with Crippen molar-refractivity contribution in [2.24, 2.45) is 0 Å². The number of nitrogens with one attached hydrogen (secondary N) is 2. The van der Waals surface area contributed by atoms with E-state index >= 15 is 0 Å². The highest BCUT2D eigenvalue weighted by atomic mass is 16.5. The lowest BCUT2D eigenvalue weighted by molar-refractivity contribution is 0.235. The first-order valence-electron chi connectivity index (χ1n) is 9.56. The number of nitrogens with zero attached hydrogens (tertiary/aromatic N) is 3. The van der Waals surface area contributed by atoms with Crippen molar-refractivity contribution in [1.82, 2.24) is 20.5 Å². The molecule has 2 N–H and O–H groups in total. The number of fused-ring (bicyclic) bond motifs is 3. The van der Waals surface area contributed by atoms with Gasteiger partial charge in [0.1, 0.15) is 12.4 Å². The quantitative estimate of drug-likeness (QED) is 0.736. The lowest BCUT2D eigenvalue weighted by atomic mass is 9.87. The van der Waals surface area contributed by atoms with Gasteiger partial charge in [0.25, 0.3) is 0 Å². The highest BCUT2D eigenvalue weighted by Gasteiger charge is 2.43. The third kappa shape index (κ3) is 2.36. The number of hydrogen-bond donors (Lipinski definition) is 2. The van der Waals surface area contributed by atoms with E-state index in [9.17, 15) is 0 Å². The Kier molecular flexibility index (Phi) is 3.14. The maximum absolute atomic E-state index is 6.04. The number of rotatable bonds is 2. The molecule has 2 aromatic heterocycles. The third-order valence-corrected chi connectivity index (χ3v) is 6.22. The van der Waals surface area contributed by atoms with E-state index in [1.54, 1.807) is 0 Å². The molecule has 0 saturated carbocycles. The van der Waals surface area contributed by atoms with Crippen molar-refractivity contribution in [2.45, 2.75) is 25.0 Å². The second-order valence-corrected chi connectivity index (χ2v) is 7.80. The molecule has 0 amide bonds. The first kappa shape index (κ1) is 15.2. The number of pyridine rings is 1. The molecule has 2 fully saturated rings. The summed E-state index contributed by atoms with van der Waals surface area (Å²) < 4.78 is 6.04. The molecule has 1 unspecified atom stereocenters. The zero-order chi connectivity index (χ0) is 17.8. The molecule has 3 aliphatic heterocycles. The van der Waals surface area contributed by atoms with Crippen LogP contribution in [0.3, 0.4) is 0 Å². The molecule has 1 aromatic carbocycles. The molecule has 3 aromatic rings. The summed E-state index contributed by atoms with van der Waals surface area (Å²) in [5, 5.41) is 10.5. The molecule has 0 aliphatic carbocycles. The smallest absolute Gasteiger partial charge is 0.223 e. The molecule has 1 spiro atoms. The zero-order valence-electron chi connectivity index (χ0n) is 15.0. The number of H-pyrrole nitrogens is 1. The normalized spacial score (nSPS) is 22.9. The van der Waals surface area contributed by atoms with Gasteiger partial charge in [-0.25, -0.2) is 0 Å². The van der Waals surface area contributed by atoms with Crippen LogP contribution >= 0.6 is 0 Å². The highest BCUT2D eigenvalue weighted by molar-refractivity contribution is 5.78. The Hall–Kier alpha value is -2.86. The molecule has 0 bridgehead atoms. The maximum atomic E-state index is 6.04. The Bertz CT molecular complexity index is 1010. The largest absolute Gasteiger partial charge is 0.472 e. The molecule has 27 heavy (non-hydrogen) atoms. The van der Waals surface area contributed by atoms with E-state index < -0.39 is 0 Å². The van der Waals surface area contributed by atoms with Crippen LogP contribution in [0.1, 0.15) is 18.4 Å². The molecule has 3 aliphatic rings. The van der Waals surface area contributed by atoms with Gasteiger partial charge in [0.2, 0.25) is 5.88 Å². The van der Waals surface area contributed by atoms with Crippen LogP contribution in [0.15, 0.2) is 42.7 Å².